The number of aliphatic carboxylic acids is 1. The standard InChI is InChI=1S/C13H25N3O3/c1-9(6-12(17)18)8-14-13(19)15-11-4-5-16(3)10(2)7-11/h9-11H,4-8H2,1-3H3,(H,17,18)(H2,14,15,19). The average Bonchev–Trinajstić information content (AvgIpc) is 2.30. The monoisotopic (exact) mass is 271 g/mol. The molecule has 1 aliphatic rings. The van der Waals surface area contributed by atoms with E-state index in [1.807, 2.05) is 6.92 Å². The number of carboxylic acid groups (broad SMARTS) is 1. The van der Waals surface area contributed by atoms with Crippen LogP contribution in [0.15, 0.2) is 0 Å². The SMILES string of the molecule is CC(CNC(=O)NC1CCN(C)C(C)C1)CC(=O)O. The number of carboxylic acids is 1. The van der Waals surface area contributed by atoms with Crippen molar-refractivity contribution in [2.24, 2.45) is 5.92 Å². The van der Waals surface area contributed by atoms with Gasteiger partial charge in [-0.2, -0.15) is 0 Å². The van der Waals surface area contributed by atoms with Crippen LogP contribution in [0, 0.1) is 5.92 Å². The van der Waals surface area contributed by atoms with Crippen molar-refractivity contribution in [3.8, 4) is 0 Å². The van der Waals surface area contributed by atoms with Crippen LogP contribution >= 0.6 is 0 Å². The zero-order valence-electron chi connectivity index (χ0n) is 12.0. The summed E-state index contributed by atoms with van der Waals surface area (Å²) >= 11 is 0. The molecule has 3 N–H and O–H groups in total. The van der Waals surface area contributed by atoms with Crippen LogP contribution in [0.4, 0.5) is 4.79 Å². The second-order valence-electron chi connectivity index (χ2n) is 5.61. The molecule has 3 atom stereocenters. The number of amides is 2. The fourth-order valence-electron chi connectivity index (χ4n) is 2.29. The largest absolute Gasteiger partial charge is 0.481 e. The third-order valence-corrected chi connectivity index (χ3v) is 3.68. The lowest BCUT2D eigenvalue weighted by Crippen LogP contribution is -2.50. The van der Waals surface area contributed by atoms with Crippen LogP contribution in [0.25, 0.3) is 0 Å². The molecule has 0 aromatic carbocycles. The molecule has 0 aromatic rings. The molecule has 1 heterocycles. The van der Waals surface area contributed by atoms with Gasteiger partial charge in [0.25, 0.3) is 0 Å². The highest BCUT2D eigenvalue weighted by Crippen LogP contribution is 2.15. The van der Waals surface area contributed by atoms with Crippen molar-refractivity contribution in [2.45, 2.75) is 45.2 Å². The van der Waals surface area contributed by atoms with Crippen molar-refractivity contribution >= 4 is 12.0 Å². The van der Waals surface area contributed by atoms with E-state index >= 15 is 0 Å². The van der Waals surface area contributed by atoms with Crippen molar-refractivity contribution < 1.29 is 14.7 Å². The molecule has 0 aliphatic carbocycles. The van der Waals surface area contributed by atoms with E-state index in [1.54, 1.807) is 0 Å². The molecule has 19 heavy (non-hydrogen) atoms. The Balaban J connectivity index is 2.22. The van der Waals surface area contributed by atoms with Gasteiger partial charge in [-0.1, -0.05) is 6.92 Å². The number of likely N-dealkylation sites (tertiary alicyclic amines) is 1. The maximum Gasteiger partial charge on any atom is 0.315 e. The van der Waals surface area contributed by atoms with Crippen molar-refractivity contribution in [3.05, 3.63) is 0 Å². The lowest BCUT2D eigenvalue weighted by atomic mass is 9.99. The minimum absolute atomic E-state index is 0.0559. The lowest BCUT2D eigenvalue weighted by molar-refractivity contribution is -0.137. The van der Waals surface area contributed by atoms with Crippen molar-refractivity contribution in [3.63, 3.8) is 0 Å². The minimum Gasteiger partial charge on any atom is -0.481 e. The number of hydrogen-bond acceptors (Lipinski definition) is 3. The summed E-state index contributed by atoms with van der Waals surface area (Å²) in [5.41, 5.74) is 0. The van der Waals surface area contributed by atoms with Crippen molar-refractivity contribution in [2.75, 3.05) is 20.1 Å². The van der Waals surface area contributed by atoms with Gasteiger partial charge in [0.2, 0.25) is 0 Å². The number of carbonyl (C=O) groups is 2. The first kappa shape index (κ1) is 15.8. The van der Waals surface area contributed by atoms with Crippen LogP contribution in [-0.4, -0.2) is 54.2 Å². The van der Waals surface area contributed by atoms with Crippen LogP contribution in [-0.2, 0) is 4.79 Å². The number of piperidine rings is 1. The molecule has 1 fully saturated rings. The second-order valence-corrected chi connectivity index (χ2v) is 5.61. The normalized spacial score (nSPS) is 25.6. The molecule has 1 rings (SSSR count). The second kappa shape index (κ2) is 7.33. The summed E-state index contributed by atoms with van der Waals surface area (Å²) in [7, 11) is 2.09. The third-order valence-electron chi connectivity index (χ3n) is 3.68. The van der Waals surface area contributed by atoms with Crippen molar-refractivity contribution in [1.29, 1.82) is 0 Å². The lowest BCUT2D eigenvalue weighted by Gasteiger charge is -2.35. The Labute approximate surface area is 114 Å². The molecule has 0 aromatic heterocycles. The van der Waals surface area contributed by atoms with E-state index in [0.717, 1.165) is 19.4 Å². The zero-order chi connectivity index (χ0) is 14.4. The Morgan fingerprint density at radius 3 is 2.74 bits per heavy atom. The highest BCUT2D eigenvalue weighted by Gasteiger charge is 2.23. The zero-order valence-corrected chi connectivity index (χ0v) is 12.0. The molecule has 0 saturated carbocycles. The molecule has 6 nitrogen and oxygen atoms in total. The van der Waals surface area contributed by atoms with Crippen LogP contribution in [0.1, 0.15) is 33.1 Å². The maximum atomic E-state index is 11.7. The van der Waals surface area contributed by atoms with Gasteiger partial charge in [0, 0.05) is 31.6 Å². The summed E-state index contributed by atoms with van der Waals surface area (Å²) in [5.74, 6) is -0.890. The van der Waals surface area contributed by atoms with E-state index in [0.29, 0.717) is 12.6 Å². The number of nitrogens with one attached hydrogen (secondary N) is 2. The first-order chi connectivity index (χ1) is 8.88. The van der Waals surface area contributed by atoms with Gasteiger partial charge in [-0.15, -0.1) is 0 Å². The fraction of sp³-hybridized carbons (Fsp3) is 0.846. The smallest absolute Gasteiger partial charge is 0.315 e. The molecule has 3 unspecified atom stereocenters. The molecule has 2 amide bonds. The van der Waals surface area contributed by atoms with Gasteiger partial charge in [0.05, 0.1) is 0 Å². The predicted octanol–water partition coefficient (Wildman–Crippen LogP) is 0.879. The Hall–Kier alpha value is -1.30. The van der Waals surface area contributed by atoms with E-state index in [9.17, 15) is 9.59 Å². The summed E-state index contributed by atoms with van der Waals surface area (Å²) in [4.78, 5) is 24.5. The first-order valence-electron chi connectivity index (χ1n) is 6.85. The van der Waals surface area contributed by atoms with Crippen molar-refractivity contribution in [1.82, 2.24) is 15.5 Å². The number of urea groups is 1. The fourth-order valence-corrected chi connectivity index (χ4v) is 2.29. The highest BCUT2D eigenvalue weighted by atomic mass is 16.4. The Morgan fingerprint density at radius 1 is 1.47 bits per heavy atom. The van der Waals surface area contributed by atoms with E-state index in [-0.39, 0.29) is 24.4 Å². The molecule has 1 aliphatic heterocycles. The molecule has 0 radical (unpaired) electrons. The van der Waals surface area contributed by atoms with E-state index in [4.69, 9.17) is 5.11 Å². The highest BCUT2D eigenvalue weighted by molar-refractivity contribution is 5.74. The summed E-state index contributed by atoms with van der Waals surface area (Å²) in [6.45, 7) is 5.34. The third kappa shape index (κ3) is 5.92. The summed E-state index contributed by atoms with van der Waals surface area (Å²) in [6, 6.07) is 0.491. The molecular formula is C13H25N3O3. The summed E-state index contributed by atoms with van der Waals surface area (Å²) in [5, 5.41) is 14.3. The minimum atomic E-state index is -0.834. The van der Waals surface area contributed by atoms with Crippen LogP contribution in [0.2, 0.25) is 0 Å². The van der Waals surface area contributed by atoms with Gasteiger partial charge in [-0.25, -0.2) is 4.79 Å². The summed E-state index contributed by atoms with van der Waals surface area (Å²) in [6.07, 6.45) is 1.99. The summed E-state index contributed by atoms with van der Waals surface area (Å²) < 4.78 is 0. The molecule has 1 saturated heterocycles. The van der Waals surface area contributed by atoms with Gasteiger partial charge in [0.1, 0.15) is 0 Å². The Kier molecular flexibility index (Phi) is 6.08. The quantitative estimate of drug-likeness (QED) is 0.693. The van der Waals surface area contributed by atoms with E-state index in [1.165, 1.54) is 0 Å². The number of carbonyl (C=O) groups excluding carboxylic acids is 1. The van der Waals surface area contributed by atoms with Gasteiger partial charge >= 0.3 is 12.0 Å². The van der Waals surface area contributed by atoms with Gasteiger partial charge in [0.15, 0.2) is 0 Å². The van der Waals surface area contributed by atoms with E-state index < -0.39 is 5.97 Å². The molecule has 6 heteroatoms. The number of hydrogen-bond donors (Lipinski definition) is 3. The molecule has 110 valence electrons. The molecule has 0 spiro atoms. The Morgan fingerprint density at radius 2 is 2.16 bits per heavy atom. The molecular weight excluding hydrogens is 246 g/mol. The topological polar surface area (TPSA) is 81.7 Å². The van der Waals surface area contributed by atoms with Crippen LogP contribution < -0.4 is 10.6 Å². The maximum absolute atomic E-state index is 11.7. The van der Waals surface area contributed by atoms with E-state index in [2.05, 4.69) is 29.5 Å². The first-order valence-corrected chi connectivity index (χ1v) is 6.85. The predicted molar refractivity (Wildman–Crippen MR) is 73.1 cm³/mol. The average molecular weight is 271 g/mol. The van der Waals surface area contributed by atoms with Gasteiger partial charge in [-0.3, -0.25) is 4.79 Å². The van der Waals surface area contributed by atoms with Crippen LogP contribution in [0.5, 0.6) is 0 Å². The van der Waals surface area contributed by atoms with Crippen LogP contribution in [0.3, 0.4) is 0 Å². The number of nitrogens with zero attached hydrogens (tertiary/aromatic N) is 1. The molecule has 0 bridgehead atoms. The van der Waals surface area contributed by atoms with Gasteiger partial charge in [-0.05, 0) is 32.7 Å². The number of rotatable bonds is 5. The van der Waals surface area contributed by atoms with Gasteiger partial charge < -0.3 is 20.6 Å². The Bertz CT molecular complexity index is 322.